The highest BCUT2D eigenvalue weighted by Crippen LogP contribution is 2.54. The van der Waals surface area contributed by atoms with Crippen molar-refractivity contribution in [1.82, 2.24) is 0 Å². The third-order valence-corrected chi connectivity index (χ3v) is 19.9. The SMILES string of the molecule is c1ccc(-c2cccc(-c3ccccc3)c2N2c3cc4c(cc3B3c5ccccc5N(c5ccccc5)c5cc(N(c6ccccc6)c6ccccc6)cc2c53)B2c3ccccc3N(c3ccccc3)c3cc(N(c5ccccc5)c5ccccc5)cc(c32)S4)cc1. The van der Waals surface area contributed by atoms with E-state index in [1.54, 1.807) is 0 Å². The molecule has 0 fully saturated rings. The van der Waals surface area contributed by atoms with Gasteiger partial charge in [0.2, 0.25) is 6.71 Å². The van der Waals surface area contributed by atoms with Crippen molar-refractivity contribution < 1.29 is 0 Å². The molecule has 92 heavy (non-hydrogen) atoms. The highest BCUT2D eigenvalue weighted by Gasteiger charge is 2.48. The van der Waals surface area contributed by atoms with Gasteiger partial charge in [0.15, 0.2) is 0 Å². The number of rotatable bonds is 11. The number of hydrogen-bond donors (Lipinski definition) is 0. The highest BCUT2D eigenvalue weighted by molar-refractivity contribution is 8.00. The lowest BCUT2D eigenvalue weighted by molar-refractivity contribution is 1.22. The van der Waals surface area contributed by atoms with E-state index in [1.165, 1.54) is 53.9 Å². The zero-order valence-corrected chi connectivity index (χ0v) is 51.0. The molecule has 0 N–H and O–H groups in total. The van der Waals surface area contributed by atoms with Gasteiger partial charge < -0.3 is 24.5 Å². The Morgan fingerprint density at radius 3 is 1.07 bits per heavy atom. The summed E-state index contributed by atoms with van der Waals surface area (Å²) in [6, 6.07) is 128. The maximum Gasteiger partial charge on any atom is 0.252 e. The molecule has 0 bridgehead atoms. The first-order chi connectivity index (χ1) is 45.7. The summed E-state index contributed by atoms with van der Waals surface area (Å²) in [4.78, 5) is 15.0. The third kappa shape index (κ3) is 8.74. The topological polar surface area (TPSA) is 16.2 Å². The average Bonchev–Trinajstić information content (AvgIpc) is 0.690. The molecule has 0 spiro atoms. The van der Waals surface area contributed by atoms with Gasteiger partial charge in [-0.1, -0.05) is 248 Å². The Morgan fingerprint density at radius 2 is 0.609 bits per heavy atom. The van der Waals surface area contributed by atoms with Crippen LogP contribution in [0.4, 0.5) is 85.3 Å². The number of anilines is 15. The Kier molecular flexibility index (Phi) is 13.0. The second kappa shape index (κ2) is 22.2. The molecule has 4 heterocycles. The summed E-state index contributed by atoms with van der Waals surface area (Å²) in [6.45, 7) is -0.280. The van der Waals surface area contributed by atoms with Crippen LogP contribution in [0.2, 0.25) is 0 Å². The molecular formula is C84H57B2N5S. The van der Waals surface area contributed by atoms with Crippen LogP contribution in [0, 0.1) is 0 Å². The molecule has 14 aromatic rings. The van der Waals surface area contributed by atoms with E-state index in [-0.39, 0.29) is 13.4 Å². The third-order valence-electron chi connectivity index (χ3n) is 18.8. The molecule has 0 saturated carbocycles. The number of nitrogens with zero attached hydrogens (tertiary/aromatic N) is 5. The fourth-order valence-electron chi connectivity index (χ4n) is 15.0. The van der Waals surface area contributed by atoms with Gasteiger partial charge in [0.05, 0.1) is 11.4 Å². The van der Waals surface area contributed by atoms with E-state index in [2.05, 4.69) is 370 Å². The van der Waals surface area contributed by atoms with Crippen LogP contribution in [0.3, 0.4) is 0 Å². The first kappa shape index (κ1) is 53.6. The Labute approximate surface area is 542 Å². The van der Waals surface area contributed by atoms with E-state index in [4.69, 9.17) is 0 Å². The fraction of sp³-hybridized carbons (Fsp3) is 0. The van der Waals surface area contributed by atoms with Gasteiger partial charge >= 0.3 is 0 Å². The van der Waals surface area contributed by atoms with Crippen molar-refractivity contribution in [2.75, 3.05) is 24.5 Å². The van der Waals surface area contributed by atoms with E-state index in [0.717, 1.165) is 96.2 Å². The van der Waals surface area contributed by atoms with E-state index in [9.17, 15) is 0 Å². The molecule has 0 aromatic heterocycles. The minimum atomic E-state index is -0.175. The molecule has 0 radical (unpaired) electrons. The summed E-state index contributed by atoms with van der Waals surface area (Å²) in [5.41, 5.74) is 29.0. The number of para-hydroxylation sites is 9. The second-order valence-electron chi connectivity index (χ2n) is 23.9. The lowest BCUT2D eigenvalue weighted by Crippen LogP contribution is -2.64. The molecule has 0 unspecified atom stereocenters. The number of fused-ring (bicyclic) bond motifs is 8. The minimum absolute atomic E-state index is 0.105. The van der Waals surface area contributed by atoms with Crippen molar-refractivity contribution >= 4 is 143 Å². The van der Waals surface area contributed by atoms with Crippen molar-refractivity contribution in [2.45, 2.75) is 9.79 Å². The first-order valence-corrected chi connectivity index (χ1v) is 32.5. The molecule has 430 valence electrons. The Balaban J connectivity index is 0.971. The van der Waals surface area contributed by atoms with Gasteiger partial charge in [-0.2, -0.15) is 0 Å². The van der Waals surface area contributed by atoms with Gasteiger partial charge in [0.1, 0.15) is 0 Å². The molecule has 0 atom stereocenters. The Hall–Kier alpha value is -11.4. The van der Waals surface area contributed by atoms with Gasteiger partial charge in [-0.3, -0.25) is 0 Å². The summed E-state index contributed by atoms with van der Waals surface area (Å²) in [6.07, 6.45) is 0. The molecule has 0 saturated heterocycles. The number of benzene rings is 14. The molecule has 0 amide bonds. The molecule has 4 aliphatic rings. The summed E-state index contributed by atoms with van der Waals surface area (Å²) in [7, 11) is 0. The first-order valence-electron chi connectivity index (χ1n) is 31.6. The minimum Gasteiger partial charge on any atom is -0.311 e. The molecule has 8 heteroatoms. The molecule has 14 aromatic carbocycles. The predicted molar refractivity (Wildman–Crippen MR) is 391 cm³/mol. The average molecular weight is 1190 g/mol. The zero-order valence-electron chi connectivity index (χ0n) is 50.2. The van der Waals surface area contributed by atoms with Crippen molar-refractivity contribution in [3.8, 4) is 22.3 Å². The standard InChI is InChI=1S/C84H57B2N5S/c1-9-30-58(31-10-1)68-46-29-47-69(59-32-11-2-12-33-59)84(68)91-76-57-80-73(86-71-49-26-28-51-75(71)90(65-44-23-8-24-45-65)79-54-67(55-81(92-80)83(79)86)88(62-38-17-5-18-39-62)63-40-19-6-20-41-63)56-72(76)85-70-48-25-27-50-74(70)89(64-42-21-7-22-43-64)77-52-66(53-78(91)82(77)85)87(60-34-13-3-14-35-60)61-36-15-4-16-37-61/h1-57H. The van der Waals surface area contributed by atoms with E-state index in [0.29, 0.717) is 0 Å². The van der Waals surface area contributed by atoms with Crippen LogP contribution in [0.1, 0.15) is 0 Å². The quantitative estimate of drug-likeness (QED) is 0.119. The van der Waals surface area contributed by atoms with Gasteiger partial charge in [-0.25, -0.2) is 0 Å². The second-order valence-corrected chi connectivity index (χ2v) is 25.0. The Bertz CT molecular complexity index is 4970. The van der Waals surface area contributed by atoms with E-state index < -0.39 is 0 Å². The van der Waals surface area contributed by atoms with Gasteiger partial charge in [0, 0.05) is 94.9 Å². The summed E-state index contributed by atoms with van der Waals surface area (Å²) >= 11 is 1.91. The molecule has 4 aliphatic heterocycles. The molecule has 0 aliphatic carbocycles. The van der Waals surface area contributed by atoms with E-state index in [1.807, 2.05) is 11.8 Å². The van der Waals surface area contributed by atoms with E-state index >= 15 is 0 Å². The highest BCUT2D eigenvalue weighted by atomic mass is 32.2. The summed E-state index contributed by atoms with van der Waals surface area (Å²) in [5.74, 6) is 0. The monoisotopic (exact) mass is 1190 g/mol. The van der Waals surface area contributed by atoms with Gasteiger partial charge in [0.25, 0.3) is 6.71 Å². The molecule has 18 rings (SSSR count). The summed E-state index contributed by atoms with van der Waals surface area (Å²) in [5, 5.41) is 0. The van der Waals surface area contributed by atoms with Crippen LogP contribution >= 0.6 is 11.8 Å². The van der Waals surface area contributed by atoms with Crippen LogP contribution in [0.25, 0.3) is 22.3 Å². The van der Waals surface area contributed by atoms with Gasteiger partial charge in [-0.05, 0) is 154 Å². The lowest BCUT2D eigenvalue weighted by Gasteiger charge is -2.46. The fourth-order valence-corrected chi connectivity index (χ4v) is 16.2. The summed E-state index contributed by atoms with van der Waals surface area (Å²) < 4.78 is 0. The maximum atomic E-state index is 2.68. The maximum absolute atomic E-state index is 2.68. The lowest BCUT2D eigenvalue weighted by atomic mass is 9.31. The number of hydrogen-bond acceptors (Lipinski definition) is 6. The van der Waals surface area contributed by atoms with Crippen molar-refractivity contribution in [2.24, 2.45) is 0 Å². The van der Waals surface area contributed by atoms with Crippen LogP contribution in [0.15, 0.2) is 356 Å². The van der Waals surface area contributed by atoms with Crippen molar-refractivity contribution in [3.63, 3.8) is 0 Å². The van der Waals surface area contributed by atoms with Crippen molar-refractivity contribution in [1.29, 1.82) is 0 Å². The molecular weight excluding hydrogens is 1130 g/mol. The zero-order chi connectivity index (χ0) is 60.6. The van der Waals surface area contributed by atoms with Crippen LogP contribution in [0.5, 0.6) is 0 Å². The van der Waals surface area contributed by atoms with Crippen LogP contribution in [-0.4, -0.2) is 13.4 Å². The smallest absolute Gasteiger partial charge is 0.252 e. The largest absolute Gasteiger partial charge is 0.311 e. The van der Waals surface area contributed by atoms with Crippen LogP contribution in [-0.2, 0) is 0 Å². The van der Waals surface area contributed by atoms with Crippen molar-refractivity contribution in [3.05, 3.63) is 346 Å². The van der Waals surface area contributed by atoms with Crippen LogP contribution < -0.4 is 57.3 Å². The van der Waals surface area contributed by atoms with Gasteiger partial charge in [-0.15, -0.1) is 0 Å². The molecule has 5 nitrogen and oxygen atoms in total. The normalized spacial score (nSPS) is 12.8. The predicted octanol–water partition coefficient (Wildman–Crippen LogP) is 18.8. The Morgan fingerprint density at radius 1 is 0.239 bits per heavy atom.